The van der Waals surface area contributed by atoms with Crippen LogP contribution >= 0.6 is 0 Å². The molecule has 6 nitrogen and oxygen atoms in total. The van der Waals surface area contributed by atoms with Gasteiger partial charge in [-0.25, -0.2) is 0 Å². The van der Waals surface area contributed by atoms with Gasteiger partial charge in [-0.05, 0) is 52.4 Å². The van der Waals surface area contributed by atoms with E-state index in [1.807, 2.05) is 19.9 Å². The fourth-order valence-corrected chi connectivity index (χ4v) is 3.38. The van der Waals surface area contributed by atoms with E-state index in [1.165, 1.54) is 13.3 Å². The molecule has 1 atom stereocenters. The average Bonchev–Trinajstić information content (AvgIpc) is 2.94. The van der Waals surface area contributed by atoms with E-state index in [1.54, 1.807) is 13.0 Å². The Labute approximate surface area is 258 Å². The smallest absolute Gasteiger partial charge is 0.309 e. The maximum absolute atomic E-state index is 12.5. The Morgan fingerprint density at radius 3 is 1.57 bits per heavy atom. The van der Waals surface area contributed by atoms with Gasteiger partial charge in [0.1, 0.15) is 11.9 Å². The van der Waals surface area contributed by atoms with Gasteiger partial charge < -0.3 is 14.8 Å². The highest BCUT2D eigenvalue weighted by Crippen LogP contribution is 2.24. The molecule has 0 aliphatic heterocycles. The molecule has 1 N–H and O–H groups in total. The van der Waals surface area contributed by atoms with Gasteiger partial charge in [0.2, 0.25) is 5.91 Å². The van der Waals surface area contributed by atoms with Crippen molar-refractivity contribution in [2.45, 2.75) is 112 Å². The zero-order valence-corrected chi connectivity index (χ0v) is 27.5. The first-order chi connectivity index (χ1) is 20.2. The van der Waals surface area contributed by atoms with Crippen molar-refractivity contribution in [2.24, 2.45) is 5.41 Å². The van der Waals surface area contributed by atoms with Gasteiger partial charge in [-0.1, -0.05) is 114 Å². The molecule has 0 bridgehead atoms. The normalized spacial score (nSPS) is 13.0. The fraction of sp³-hybridized carbons (Fsp3) is 0.583. The van der Waals surface area contributed by atoms with E-state index in [0.29, 0.717) is 6.61 Å². The lowest BCUT2D eigenvalue weighted by Gasteiger charge is -2.32. The highest BCUT2D eigenvalue weighted by molar-refractivity contribution is 5.82. The molecule has 0 saturated heterocycles. The van der Waals surface area contributed by atoms with Crippen LogP contribution in [-0.2, 0) is 23.9 Å². The van der Waals surface area contributed by atoms with Crippen LogP contribution in [-0.4, -0.2) is 43.5 Å². The van der Waals surface area contributed by atoms with Gasteiger partial charge >= 0.3 is 5.97 Å². The van der Waals surface area contributed by atoms with Crippen LogP contribution in [0.25, 0.3) is 0 Å². The molecular weight excluding hydrogens is 526 g/mol. The third kappa shape index (κ3) is 27.2. The van der Waals surface area contributed by atoms with Crippen molar-refractivity contribution >= 4 is 17.7 Å². The van der Waals surface area contributed by atoms with Crippen molar-refractivity contribution in [3.63, 3.8) is 0 Å². The van der Waals surface area contributed by atoms with E-state index < -0.39 is 11.5 Å². The van der Waals surface area contributed by atoms with Crippen molar-refractivity contribution in [3.05, 3.63) is 72.9 Å². The van der Waals surface area contributed by atoms with E-state index in [0.717, 1.165) is 38.5 Å². The quantitative estimate of drug-likeness (QED) is 0.101. The summed E-state index contributed by atoms with van der Waals surface area (Å²) in [5.74, 6) is -0.655. The standard InChI is InChI=1S/C33H51NO5.C3H8.H2/c1-6-8-9-10-11-12-13-14-15-16-17-18-19-20-21-22-23-24-25-30(36)39-28-33(4,5)31(38-7-2)32(37)34-27-26-29(3)35;1-3-2;/h8-9,11-12,14-15,17-18,20-21,23-24,31H,6-7,10,13,16,19,22,25-28H2,1-5H3,(H,34,37);3H2,1-2H3;1H/b9-8-,12-11-,15-14-,18-17-,21-20-,24-23-;;/t31-;;/m0../s1. The Morgan fingerprint density at radius 1 is 0.738 bits per heavy atom. The number of carbonyl (C=O) groups excluding carboxylic acids is 3. The molecular formula is C36H61NO5. The minimum absolute atomic E-state index is 0. The van der Waals surface area contributed by atoms with Gasteiger partial charge in [0.05, 0.1) is 13.0 Å². The number of amides is 1. The van der Waals surface area contributed by atoms with Crippen LogP contribution in [0.1, 0.15) is 108 Å². The molecule has 6 heteroatoms. The fourth-order valence-electron chi connectivity index (χ4n) is 3.38. The zero-order valence-electron chi connectivity index (χ0n) is 27.5. The molecule has 42 heavy (non-hydrogen) atoms. The summed E-state index contributed by atoms with van der Waals surface area (Å²) in [5.41, 5.74) is -0.718. The maximum Gasteiger partial charge on any atom is 0.309 e. The predicted molar refractivity (Wildman–Crippen MR) is 179 cm³/mol. The molecule has 0 heterocycles. The van der Waals surface area contributed by atoms with Crippen LogP contribution in [0.3, 0.4) is 0 Å². The van der Waals surface area contributed by atoms with Gasteiger partial charge in [0.15, 0.2) is 0 Å². The number of hydrogen-bond donors (Lipinski definition) is 1. The van der Waals surface area contributed by atoms with Crippen LogP contribution in [0.4, 0.5) is 0 Å². The molecule has 0 aromatic rings. The third-order valence-electron chi connectivity index (χ3n) is 5.54. The number of esters is 1. The molecule has 0 spiro atoms. The van der Waals surface area contributed by atoms with E-state index in [-0.39, 0.29) is 45.1 Å². The SMILES string of the molecule is CC/C=C\C/C=C\C/C=C\C/C=C\C/C=C\C/C=C\CC(=O)OCC(C)(C)[C@@H](OCC)C(=O)NCCC(C)=O.CCC.[HH]. The van der Waals surface area contributed by atoms with E-state index in [4.69, 9.17) is 9.47 Å². The van der Waals surface area contributed by atoms with Crippen LogP contribution in [0.15, 0.2) is 72.9 Å². The lowest BCUT2D eigenvalue weighted by molar-refractivity contribution is -0.156. The molecule has 0 unspecified atom stereocenters. The number of rotatable bonds is 22. The molecule has 0 aromatic carbocycles. The molecule has 1 amide bonds. The number of nitrogens with one attached hydrogen (secondary N) is 1. The first kappa shape index (κ1) is 41.1. The first-order valence-corrected chi connectivity index (χ1v) is 15.6. The predicted octanol–water partition coefficient (Wildman–Crippen LogP) is 8.81. The Morgan fingerprint density at radius 2 is 1.17 bits per heavy atom. The summed E-state index contributed by atoms with van der Waals surface area (Å²) in [6.07, 6.45) is 31.9. The van der Waals surface area contributed by atoms with E-state index >= 15 is 0 Å². The van der Waals surface area contributed by atoms with Crippen molar-refractivity contribution in [2.75, 3.05) is 19.8 Å². The number of ketones is 1. The number of carbonyl (C=O) groups is 3. The van der Waals surface area contributed by atoms with Gasteiger partial charge in [-0.3, -0.25) is 14.4 Å². The summed E-state index contributed by atoms with van der Waals surface area (Å²) in [7, 11) is 0. The maximum atomic E-state index is 12.5. The number of ether oxygens (including phenoxy) is 2. The lowest BCUT2D eigenvalue weighted by Crippen LogP contribution is -2.48. The summed E-state index contributed by atoms with van der Waals surface area (Å²) in [4.78, 5) is 35.8. The van der Waals surface area contributed by atoms with Crippen LogP contribution in [0.5, 0.6) is 0 Å². The van der Waals surface area contributed by atoms with Gasteiger partial charge in [0, 0.05) is 26.4 Å². The van der Waals surface area contributed by atoms with Gasteiger partial charge in [-0.15, -0.1) is 0 Å². The summed E-state index contributed by atoms with van der Waals surface area (Å²) in [5, 5.41) is 2.73. The topological polar surface area (TPSA) is 81.7 Å². The van der Waals surface area contributed by atoms with Crippen molar-refractivity contribution in [1.29, 1.82) is 0 Å². The second-order valence-electron chi connectivity index (χ2n) is 10.6. The van der Waals surface area contributed by atoms with Crippen molar-refractivity contribution in [3.8, 4) is 0 Å². The van der Waals surface area contributed by atoms with E-state index in [2.05, 4.69) is 86.8 Å². The lowest BCUT2D eigenvalue weighted by atomic mass is 9.86. The highest BCUT2D eigenvalue weighted by Gasteiger charge is 2.37. The Bertz CT molecular complexity index is 884. The Hall–Kier alpha value is -2.99. The summed E-state index contributed by atoms with van der Waals surface area (Å²) in [6, 6.07) is 0. The monoisotopic (exact) mass is 587 g/mol. The van der Waals surface area contributed by atoms with E-state index in [9.17, 15) is 14.4 Å². The number of Topliss-reactive ketones (excluding diaryl/α,β-unsaturated/α-hetero) is 1. The zero-order chi connectivity index (χ0) is 31.9. The van der Waals surface area contributed by atoms with Crippen molar-refractivity contribution in [1.82, 2.24) is 5.32 Å². The third-order valence-corrected chi connectivity index (χ3v) is 5.54. The molecule has 240 valence electrons. The Balaban J connectivity index is -0.00000382. The van der Waals surface area contributed by atoms with Crippen molar-refractivity contribution < 1.29 is 25.3 Å². The summed E-state index contributed by atoms with van der Waals surface area (Å²) in [6.45, 7) is 14.0. The number of hydrogen-bond acceptors (Lipinski definition) is 5. The van der Waals surface area contributed by atoms with Crippen LogP contribution in [0.2, 0.25) is 0 Å². The molecule has 0 aliphatic rings. The molecule has 0 radical (unpaired) electrons. The highest BCUT2D eigenvalue weighted by atomic mass is 16.5. The molecule has 0 rings (SSSR count). The molecule has 0 fully saturated rings. The minimum Gasteiger partial charge on any atom is -0.465 e. The molecule has 0 saturated carbocycles. The Kier molecular flexibility index (Phi) is 28.9. The van der Waals surface area contributed by atoms with Gasteiger partial charge in [-0.2, -0.15) is 0 Å². The first-order valence-electron chi connectivity index (χ1n) is 15.6. The second-order valence-corrected chi connectivity index (χ2v) is 10.6. The largest absolute Gasteiger partial charge is 0.465 e. The number of allylic oxidation sites excluding steroid dienone is 11. The van der Waals surface area contributed by atoms with Gasteiger partial charge in [0.25, 0.3) is 0 Å². The summed E-state index contributed by atoms with van der Waals surface area (Å²) >= 11 is 0. The molecule has 0 aromatic heterocycles. The van der Waals surface area contributed by atoms with Crippen LogP contribution in [0, 0.1) is 5.41 Å². The average molecular weight is 588 g/mol. The second kappa shape index (κ2) is 29.5. The summed E-state index contributed by atoms with van der Waals surface area (Å²) < 4.78 is 11.1. The molecule has 0 aliphatic carbocycles. The van der Waals surface area contributed by atoms with Crippen LogP contribution < -0.4 is 5.32 Å². The minimum atomic E-state index is -0.784.